The first-order valence-corrected chi connectivity index (χ1v) is 8.87. The molecule has 0 aromatic carbocycles. The Morgan fingerprint density at radius 1 is 1.00 bits per heavy atom. The van der Waals surface area contributed by atoms with Gasteiger partial charge in [0.1, 0.15) is 12.6 Å². The van der Waals surface area contributed by atoms with Gasteiger partial charge in [-0.3, -0.25) is 0 Å². The lowest BCUT2D eigenvalue weighted by molar-refractivity contribution is -0.679. The van der Waals surface area contributed by atoms with Crippen LogP contribution in [0.3, 0.4) is 0 Å². The highest BCUT2D eigenvalue weighted by Crippen LogP contribution is 2.13. The van der Waals surface area contributed by atoms with Crippen molar-refractivity contribution < 1.29 is 14.5 Å². The average Bonchev–Trinajstić information content (AvgIpc) is 2.50. The van der Waals surface area contributed by atoms with Crippen molar-refractivity contribution in [1.82, 2.24) is 0 Å². The number of aromatic nitrogens is 1. The number of carbonyl (C=O) groups is 1. The minimum atomic E-state index is -0.821. The van der Waals surface area contributed by atoms with Gasteiger partial charge in [0.2, 0.25) is 0 Å². The lowest BCUT2D eigenvalue weighted by Crippen LogP contribution is -2.35. The Morgan fingerprint density at radius 3 is 2.09 bits per heavy atom. The van der Waals surface area contributed by atoms with E-state index in [0.717, 1.165) is 18.5 Å². The third-order valence-electron chi connectivity index (χ3n) is 4.31. The molecule has 0 atom stereocenters. The highest BCUT2D eigenvalue weighted by Gasteiger charge is 2.17. The minimum Gasteiger partial charge on any atom is -0.477 e. The molecule has 0 radical (unpaired) electrons. The lowest BCUT2D eigenvalue weighted by atomic mass is 10.0. The van der Waals surface area contributed by atoms with Crippen LogP contribution in [0.15, 0.2) is 18.3 Å². The minimum absolute atomic E-state index is 0.445. The highest BCUT2D eigenvalue weighted by atomic mass is 16.4. The van der Waals surface area contributed by atoms with Crippen LogP contribution in [0.25, 0.3) is 0 Å². The molecular formula is C19H32NO2+. The SMILES string of the molecule is CCCCCCCCCCCCc1c(C(=O)O)ccc[n+]1C. The molecule has 124 valence electrons. The maximum Gasteiger partial charge on any atom is 0.342 e. The molecule has 0 aliphatic rings. The molecule has 3 heteroatoms. The van der Waals surface area contributed by atoms with Gasteiger partial charge in [0.05, 0.1) is 0 Å². The molecule has 1 N–H and O–H groups in total. The van der Waals surface area contributed by atoms with Gasteiger partial charge in [0, 0.05) is 12.5 Å². The zero-order valence-corrected chi connectivity index (χ0v) is 14.3. The Balaban J connectivity index is 2.16. The molecule has 0 fully saturated rings. The average molecular weight is 306 g/mol. The van der Waals surface area contributed by atoms with E-state index in [1.54, 1.807) is 12.1 Å². The lowest BCUT2D eigenvalue weighted by Gasteiger charge is -2.04. The van der Waals surface area contributed by atoms with Crippen molar-refractivity contribution in [3.8, 4) is 0 Å². The maximum absolute atomic E-state index is 11.2. The van der Waals surface area contributed by atoms with Crippen molar-refractivity contribution in [3.05, 3.63) is 29.6 Å². The molecule has 0 aliphatic carbocycles. The van der Waals surface area contributed by atoms with Crippen molar-refractivity contribution in [3.63, 3.8) is 0 Å². The molecule has 1 aromatic heterocycles. The Hall–Kier alpha value is -1.38. The molecule has 1 aromatic rings. The third-order valence-corrected chi connectivity index (χ3v) is 4.31. The Kier molecular flexibility index (Phi) is 9.52. The number of unbranched alkanes of at least 4 members (excludes halogenated alkanes) is 9. The topological polar surface area (TPSA) is 41.2 Å². The molecule has 3 nitrogen and oxygen atoms in total. The molecule has 1 heterocycles. The number of aromatic carboxylic acids is 1. The van der Waals surface area contributed by atoms with Gasteiger partial charge in [-0.2, -0.15) is 0 Å². The van der Waals surface area contributed by atoms with Gasteiger partial charge in [0.25, 0.3) is 0 Å². The fourth-order valence-corrected chi connectivity index (χ4v) is 2.93. The molecule has 22 heavy (non-hydrogen) atoms. The predicted octanol–water partition coefficient (Wildman–Crippen LogP) is 4.67. The van der Waals surface area contributed by atoms with E-state index in [4.69, 9.17) is 0 Å². The van der Waals surface area contributed by atoms with E-state index in [1.807, 2.05) is 17.8 Å². The predicted molar refractivity (Wildman–Crippen MR) is 90.1 cm³/mol. The molecule has 0 amide bonds. The zero-order valence-electron chi connectivity index (χ0n) is 14.3. The van der Waals surface area contributed by atoms with Crippen LogP contribution in [-0.2, 0) is 13.5 Å². The molecule has 0 unspecified atom stereocenters. The number of nitrogens with zero attached hydrogens (tertiary/aromatic N) is 1. The molecule has 1 rings (SSSR count). The van der Waals surface area contributed by atoms with E-state index >= 15 is 0 Å². The largest absolute Gasteiger partial charge is 0.477 e. The molecule has 0 spiro atoms. The summed E-state index contributed by atoms with van der Waals surface area (Å²) < 4.78 is 1.94. The molecule has 0 aliphatic heterocycles. The Bertz CT molecular complexity index is 443. The van der Waals surface area contributed by atoms with Gasteiger partial charge in [-0.15, -0.1) is 0 Å². The van der Waals surface area contributed by atoms with Crippen molar-refractivity contribution in [2.24, 2.45) is 7.05 Å². The van der Waals surface area contributed by atoms with Crippen LogP contribution in [0.5, 0.6) is 0 Å². The van der Waals surface area contributed by atoms with E-state index < -0.39 is 5.97 Å². The van der Waals surface area contributed by atoms with Crippen molar-refractivity contribution in [1.29, 1.82) is 0 Å². The van der Waals surface area contributed by atoms with E-state index in [9.17, 15) is 9.90 Å². The number of rotatable bonds is 12. The second-order valence-corrected chi connectivity index (χ2v) is 6.22. The first-order valence-electron chi connectivity index (χ1n) is 8.87. The summed E-state index contributed by atoms with van der Waals surface area (Å²) in [6.07, 6.45) is 15.8. The van der Waals surface area contributed by atoms with Crippen LogP contribution in [-0.4, -0.2) is 11.1 Å². The van der Waals surface area contributed by atoms with Crippen LogP contribution in [0.1, 0.15) is 87.2 Å². The van der Waals surface area contributed by atoms with Crippen molar-refractivity contribution in [2.45, 2.75) is 77.6 Å². The van der Waals surface area contributed by atoms with Gasteiger partial charge >= 0.3 is 5.97 Å². The van der Waals surface area contributed by atoms with Gasteiger partial charge in [-0.25, -0.2) is 9.36 Å². The number of carboxylic acids is 1. The quantitative estimate of drug-likeness (QED) is 0.450. The van der Waals surface area contributed by atoms with Gasteiger partial charge in [0.15, 0.2) is 11.9 Å². The zero-order chi connectivity index (χ0) is 16.2. The van der Waals surface area contributed by atoms with Crippen LogP contribution in [0.4, 0.5) is 0 Å². The van der Waals surface area contributed by atoms with Gasteiger partial charge in [-0.05, 0) is 12.5 Å². The van der Waals surface area contributed by atoms with E-state index in [-0.39, 0.29) is 0 Å². The number of aryl methyl sites for hydroxylation is 1. The summed E-state index contributed by atoms with van der Waals surface area (Å²) in [6.45, 7) is 2.25. The van der Waals surface area contributed by atoms with Crippen LogP contribution < -0.4 is 4.57 Å². The van der Waals surface area contributed by atoms with Gasteiger partial charge in [-0.1, -0.05) is 64.7 Å². The van der Waals surface area contributed by atoms with E-state index in [0.29, 0.717) is 5.56 Å². The van der Waals surface area contributed by atoms with E-state index in [2.05, 4.69) is 6.92 Å². The fourth-order valence-electron chi connectivity index (χ4n) is 2.93. The van der Waals surface area contributed by atoms with Crippen molar-refractivity contribution >= 4 is 5.97 Å². The molecule has 0 bridgehead atoms. The Labute approximate surface area is 135 Å². The smallest absolute Gasteiger partial charge is 0.342 e. The number of hydrogen-bond acceptors (Lipinski definition) is 1. The third kappa shape index (κ3) is 7.06. The highest BCUT2D eigenvalue weighted by molar-refractivity contribution is 5.88. The molecule has 0 saturated carbocycles. The summed E-state index contributed by atoms with van der Waals surface area (Å²) >= 11 is 0. The number of carboxylic acid groups (broad SMARTS) is 1. The molecular weight excluding hydrogens is 274 g/mol. The molecule has 0 saturated heterocycles. The van der Waals surface area contributed by atoms with Crippen molar-refractivity contribution in [2.75, 3.05) is 0 Å². The number of hydrogen-bond donors (Lipinski definition) is 1. The fraction of sp³-hybridized carbons (Fsp3) is 0.684. The van der Waals surface area contributed by atoms with Crippen LogP contribution in [0, 0.1) is 0 Å². The first-order chi connectivity index (χ1) is 10.7. The summed E-state index contributed by atoms with van der Waals surface area (Å²) in [5.74, 6) is -0.821. The Morgan fingerprint density at radius 2 is 1.55 bits per heavy atom. The summed E-state index contributed by atoms with van der Waals surface area (Å²) in [6, 6.07) is 3.50. The normalized spacial score (nSPS) is 10.8. The summed E-state index contributed by atoms with van der Waals surface area (Å²) in [7, 11) is 1.93. The van der Waals surface area contributed by atoms with Gasteiger partial charge < -0.3 is 5.11 Å². The first kappa shape index (κ1) is 18.7. The maximum atomic E-state index is 11.2. The van der Waals surface area contributed by atoms with E-state index in [1.165, 1.54) is 57.8 Å². The summed E-state index contributed by atoms with van der Waals surface area (Å²) in [5, 5.41) is 9.24. The summed E-state index contributed by atoms with van der Waals surface area (Å²) in [4.78, 5) is 11.2. The monoisotopic (exact) mass is 306 g/mol. The van der Waals surface area contributed by atoms with Crippen LogP contribution in [0.2, 0.25) is 0 Å². The summed E-state index contributed by atoms with van der Waals surface area (Å²) in [5.41, 5.74) is 1.38. The second kappa shape index (κ2) is 11.2. The number of pyridine rings is 1. The standard InChI is InChI=1S/C19H31NO2/c1-3-4-5-6-7-8-9-10-11-12-15-18-17(19(21)22)14-13-16-20(18)2/h13-14,16H,3-12,15H2,1-2H3/p+1. The van der Waals surface area contributed by atoms with Crippen LogP contribution >= 0.6 is 0 Å². The second-order valence-electron chi connectivity index (χ2n) is 6.22.